The third-order valence-electron chi connectivity index (χ3n) is 2.90. The zero-order valence-electron chi connectivity index (χ0n) is 11.2. The predicted octanol–water partition coefficient (Wildman–Crippen LogP) is 4.67. The Kier molecular flexibility index (Phi) is 5.02. The van der Waals surface area contributed by atoms with E-state index >= 15 is 0 Å². The van der Waals surface area contributed by atoms with Gasteiger partial charge in [-0.15, -0.1) is 11.3 Å². The molecule has 19 heavy (non-hydrogen) atoms. The Morgan fingerprint density at radius 2 is 2.00 bits per heavy atom. The van der Waals surface area contributed by atoms with E-state index < -0.39 is 0 Å². The van der Waals surface area contributed by atoms with Crippen molar-refractivity contribution >= 4 is 27.3 Å². The van der Waals surface area contributed by atoms with E-state index in [0.29, 0.717) is 6.61 Å². The summed E-state index contributed by atoms with van der Waals surface area (Å²) in [5, 5.41) is 0. The summed E-state index contributed by atoms with van der Waals surface area (Å²) in [6.07, 6.45) is 1.08. The van der Waals surface area contributed by atoms with E-state index in [1.165, 1.54) is 9.75 Å². The minimum absolute atomic E-state index is 0.0300. The van der Waals surface area contributed by atoms with Crippen LogP contribution in [0.2, 0.25) is 0 Å². The molecule has 0 aliphatic carbocycles. The maximum Gasteiger partial charge on any atom is 0.125 e. The number of benzene rings is 1. The van der Waals surface area contributed by atoms with Gasteiger partial charge >= 0.3 is 0 Å². The van der Waals surface area contributed by atoms with Gasteiger partial charge in [0.15, 0.2) is 0 Å². The molecule has 0 bridgehead atoms. The van der Waals surface area contributed by atoms with Crippen LogP contribution in [0.3, 0.4) is 0 Å². The van der Waals surface area contributed by atoms with Gasteiger partial charge in [0.1, 0.15) is 12.4 Å². The number of ether oxygens (including phenoxy) is 1. The van der Waals surface area contributed by atoms with Gasteiger partial charge in [-0.05, 0) is 37.6 Å². The van der Waals surface area contributed by atoms with E-state index in [-0.39, 0.29) is 6.04 Å². The first-order chi connectivity index (χ1) is 9.10. The van der Waals surface area contributed by atoms with Crippen LogP contribution in [0.25, 0.3) is 0 Å². The van der Waals surface area contributed by atoms with E-state index in [0.717, 1.165) is 22.2 Å². The molecular weight excluding hydrogens is 322 g/mol. The van der Waals surface area contributed by atoms with Gasteiger partial charge in [0.05, 0.1) is 0 Å². The summed E-state index contributed by atoms with van der Waals surface area (Å²) in [5.41, 5.74) is 7.00. The molecule has 1 aromatic heterocycles. The van der Waals surface area contributed by atoms with Crippen molar-refractivity contribution in [2.45, 2.75) is 32.9 Å². The van der Waals surface area contributed by atoms with Gasteiger partial charge in [-0.3, -0.25) is 0 Å². The molecule has 0 fully saturated rings. The van der Waals surface area contributed by atoms with Crippen LogP contribution >= 0.6 is 27.3 Å². The molecule has 0 radical (unpaired) electrons. The third kappa shape index (κ3) is 3.81. The van der Waals surface area contributed by atoms with Crippen LogP contribution in [0.1, 0.15) is 35.2 Å². The molecule has 1 atom stereocenters. The van der Waals surface area contributed by atoms with Crippen molar-refractivity contribution in [3.63, 3.8) is 0 Å². The number of thiophene rings is 1. The minimum Gasteiger partial charge on any atom is -0.488 e. The Labute approximate surface area is 126 Å². The first-order valence-corrected chi connectivity index (χ1v) is 7.96. The molecule has 102 valence electrons. The number of rotatable bonds is 5. The van der Waals surface area contributed by atoms with Crippen LogP contribution < -0.4 is 10.5 Å². The van der Waals surface area contributed by atoms with Crippen LogP contribution in [0.15, 0.2) is 34.8 Å². The van der Waals surface area contributed by atoms with Crippen molar-refractivity contribution in [3.05, 3.63) is 50.1 Å². The highest BCUT2D eigenvalue weighted by molar-refractivity contribution is 9.10. The van der Waals surface area contributed by atoms with Gasteiger partial charge in [0.2, 0.25) is 0 Å². The Morgan fingerprint density at radius 1 is 1.26 bits per heavy atom. The number of halogens is 1. The predicted molar refractivity (Wildman–Crippen MR) is 84.8 cm³/mol. The monoisotopic (exact) mass is 339 g/mol. The van der Waals surface area contributed by atoms with Crippen molar-refractivity contribution < 1.29 is 4.74 Å². The van der Waals surface area contributed by atoms with Gasteiger partial charge in [-0.1, -0.05) is 28.9 Å². The Morgan fingerprint density at radius 3 is 2.63 bits per heavy atom. The normalized spacial score (nSPS) is 12.4. The molecule has 1 aromatic carbocycles. The highest BCUT2D eigenvalue weighted by Gasteiger charge is 2.09. The molecule has 1 unspecified atom stereocenters. The quantitative estimate of drug-likeness (QED) is 0.858. The fourth-order valence-corrected chi connectivity index (χ4v) is 3.06. The van der Waals surface area contributed by atoms with Gasteiger partial charge < -0.3 is 10.5 Å². The molecule has 2 nitrogen and oxygen atoms in total. The SMILES string of the molecule is CCc1ccc(COc2cc(Br)ccc2C(C)N)s1. The lowest BCUT2D eigenvalue weighted by atomic mass is 10.1. The maximum absolute atomic E-state index is 5.97. The van der Waals surface area contributed by atoms with Crippen molar-refractivity contribution in [2.24, 2.45) is 5.73 Å². The average Bonchev–Trinajstić information content (AvgIpc) is 2.84. The first-order valence-electron chi connectivity index (χ1n) is 6.35. The molecule has 4 heteroatoms. The van der Waals surface area contributed by atoms with E-state index in [1.54, 1.807) is 11.3 Å². The lowest BCUT2D eigenvalue weighted by Crippen LogP contribution is -2.07. The van der Waals surface area contributed by atoms with Crippen LogP contribution in [0.5, 0.6) is 5.75 Å². The van der Waals surface area contributed by atoms with Crippen molar-refractivity contribution in [2.75, 3.05) is 0 Å². The summed E-state index contributed by atoms with van der Waals surface area (Å²) < 4.78 is 6.93. The van der Waals surface area contributed by atoms with Crippen molar-refractivity contribution in [3.8, 4) is 5.75 Å². The molecule has 0 aliphatic heterocycles. The Hall–Kier alpha value is -0.840. The van der Waals surface area contributed by atoms with Crippen molar-refractivity contribution in [1.29, 1.82) is 0 Å². The summed E-state index contributed by atoms with van der Waals surface area (Å²) in [4.78, 5) is 2.63. The molecule has 0 aliphatic rings. The summed E-state index contributed by atoms with van der Waals surface area (Å²) in [7, 11) is 0. The molecule has 2 N–H and O–H groups in total. The lowest BCUT2D eigenvalue weighted by Gasteiger charge is -2.14. The third-order valence-corrected chi connectivity index (χ3v) is 4.60. The molecule has 1 heterocycles. The van der Waals surface area contributed by atoms with Crippen LogP contribution in [0.4, 0.5) is 0 Å². The second-order valence-corrected chi connectivity index (χ2v) is 6.65. The Bertz CT molecular complexity index is 551. The van der Waals surface area contributed by atoms with Crippen molar-refractivity contribution in [1.82, 2.24) is 0 Å². The summed E-state index contributed by atoms with van der Waals surface area (Å²) in [6, 6.07) is 10.2. The van der Waals surface area contributed by atoms with E-state index in [4.69, 9.17) is 10.5 Å². The van der Waals surface area contributed by atoms with Gasteiger partial charge in [-0.2, -0.15) is 0 Å². The Balaban J connectivity index is 2.12. The fraction of sp³-hybridized carbons (Fsp3) is 0.333. The number of aryl methyl sites for hydroxylation is 1. The van der Waals surface area contributed by atoms with Crippen LogP contribution in [-0.4, -0.2) is 0 Å². The molecule has 2 aromatic rings. The summed E-state index contributed by atoms with van der Waals surface area (Å²) >= 11 is 5.27. The van der Waals surface area contributed by atoms with E-state index in [9.17, 15) is 0 Å². The zero-order valence-corrected chi connectivity index (χ0v) is 13.6. The first kappa shape index (κ1) is 14.6. The highest BCUT2D eigenvalue weighted by atomic mass is 79.9. The highest BCUT2D eigenvalue weighted by Crippen LogP contribution is 2.29. The molecule has 2 rings (SSSR count). The number of nitrogens with two attached hydrogens (primary N) is 1. The fourth-order valence-electron chi connectivity index (χ4n) is 1.85. The standard InChI is InChI=1S/C15H18BrNOS/c1-3-12-5-6-13(19-12)9-18-15-8-11(16)4-7-14(15)10(2)17/h4-8,10H,3,9,17H2,1-2H3. The van der Waals surface area contributed by atoms with Gasteiger partial charge in [-0.25, -0.2) is 0 Å². The van der Waals surface area contributed by atoms with E-state index in [2.05, 4.69) is 35.0 Å². The van der Waals surface area contributed by atoms with Crippen LogP contribution in [0, 0.1) is 0 Å². The summed E-state index contributed by atoms with van der Waals surface area (Å²) in [6.45, 7) is 4.73. The topological polar surface area (TPSA) is 35.2 Å². The molecule has 0 saturated carbocycles. The summed E-state index contributed by atoms with van der Waals surface area (Å²) in [5.74, 6) is 0.857. The molecule has 0 spiro atoms. The van der Waals surface area contributed by atoms with Crippen LogP contribution in [-0.2, 0) is 13.0 Å². The maximum atomic E-state index is 5.97. The molecular formula is C15H18BrNOS. The number of hydrogen-bond acceptors (Lipinski definition) is 3. The average molecular weight is 340 g/mol. The smallest absolute Gasteiger partial charge is 0.125 e. The second-order valence-electron chi connectivity index (χ2n) is 4.48. The van der Waals surface area contributed by atoms with E-state index in [1.807, 2.05) is 25.1 Å². The number of hydrogen-bond donors (Lipinski definition) is 1. The minimum atomic E-state index is -0.0300. The largest absolute Gasteiger partial charge is 0.488 e. The molecule has 0 amide bonds. The van der Waals surface area contributed by atoms with Gasteiger partial charge in [0.25, 0.3) is 0 Å². The second kappa shape index (κ2) is 6.55. The van der Waals surface area contributed by atoms with Gasteiger partial charge in [0, 0.05) is 25.8 Å². The molecule has 0 saturated heterocycles. The zero-order chi connectivity index (χ0) is 13.8. The lowest BCUT2D eigenvalue weighted by molar-refractivity contribution is 0.305.